The first-order valence-corrected chi connectivity index (χ1v) is 16.9. The van der Waals surface area contributed by atoms with Crippen molar-refractivity contribution >= 4 is 28.0 Å². The number of hydrogen-bond acceptors (Lipinski definition) is 8. The average molecular weight is 557 g/mol. The van der Waals surface area contributed by atoms with Gasteiger partial charge in [0, 0.05) is 26.7 Å². The van der Waals surface area contributed by atoms with Crippen molar-refractivity contribution in [1.82, 2.24) is 15.0 Å². The van der Waals surface area contributed by atoms with E-state index in [1.807, 2.05) is 0 Å². The maximum absolute atomic E-state index is 11.2. The highest BCUT2D eigenvalue weighted by Crippen LogP contribution is 2.15. The molecule has 1 heterocycles. The van der Waals surface area contributed by atoms with E-state index in [2.05, 4.69) is 39.4 Å². The second-order valence-corrected chi connectivity index (χ2v) is 12.1. The summed E-state index contributed by atoms with van der Waals surface area (Å²) < 4.78 is 31.5. The molecule has 0 radical (unpaired) electrons. The fourth-order valence-electron chi connectivity index (χ4n) is 4.32. The first kappa shape index (κ1) is 34.3. The lowest BCUT2D eigenvalue weighted by molar-refractivity contribution is 0.483. The van der Waals surface area contributed by atoms with Crippen LogP contribution in [0.4, 0.5) is 17.8 Å². The van der Waals surface area contributed by atoms with Crippen molar-refractivity contribution in [3.05, 3.63) is 0 Å². The van der Waals surface area contributed by atoms with Crippen LogP contribution in [0.1, 0.15) is 129 Å². The van der Waals surface area contributed by atoms with Gasteiger partial charge in [-0.3, -0.25) is 4.55 Å². The molecule has 9 nitrogen and oxygen atoms in total. The first-order valence-electron chi connectivity index (χ1n) is 15.3. The Kier molecular flexibility index (Phi) is 20.0. The molecule has 1 rings (SSSR count). The number of aromatic nitrogens is 3. The Hall–Kier alpha value is -1.68. The monoisotopic (exact) mass is 556 g/mol. The maximum Gasteiger partial charge on any atom is 0.266 e. The van der Waals surface area contributed by atoms with Gasteiger partial charge in [0.05, 0.1) is 5.75 Å². The summed E-state index contributed by atoms with van der Waals surface area (Å²) in [6.07, 6.45) is 22.9. The second kappa shape index (κ2) is 22.2. The lowest BCUT2D eigenvalue weighted by Crippen LogP contribution is -2.27. The highest BCUT2D eigenvalue weighted by molar-refractivity contribution is 7.85. The molecule has 0 aliphatic heterocycles. The Bertz CT molecular complexity index is 810. The van der Waals surface area contributed by atoms with Crippen molar-refractivity contribution < 1.29 is 13.0 Å². The molecule has 3 N–H and O–H groups in total. The quantitative estimate of drug-likeness (QED) is 0.0811. The molecule has 1 aromatic rings. The summed E-state index contributed by atoms with van der Waals surface area (Å²) in [5.41, 5.74) is 0. The van der Waals surface area contributed by atoms with Crippen LogP contribution in [-0.4, -0.2) is 60.4 Å². The van der Waals surface area contributed by atoms with E-state index in [1.165, 1.54) is 103 Å². The average Bonchev–Trinajstić information content (AvgIpc) is 2.89. The zero-order valence-electron chi connectivity index (χ0n) is 24.5. The molecular weight excluding hydrogens is 500 g/mol. The molecule has 0 fully saturated rings. The van der Waals surface area contributed by atoms with Crippen LogP contribution >= 0.6 is 0 Å². The summed E-state index contributed by atoms with van der Waals surface area (Å²) in [4.78, 5) is 15.1. The molecule has 0 saturated carbocycles. The molecule has 0 amide bonds. The van der Waals surface area contributed by atoms with E-state index in [4.69, 9.17) is 4.55 Å². The van der Waals surface area contributed by atoms with Crippen molar-refractivity contribution in [2.24, 2.45) is 0 Å². The van der Waals surface area contributed by atoms with Crippen LogP contribution < -0.4 is 15.5 Å². The van der Waals surface area contributed by atoms with Gasteiger partial charge in [-0.15, -0.1) is 0 Å². The van der Waals surface area contributed by atoms with Gasteiger partial charge in [0.1, 0.15) is 0 Å². The normalized spacial score (nSPS) is 11.6. The summed E-state index contributed by atoms with van der Waals surface area (Å²) >= 11 is 0. The van der Waals surface area contributed by atoms with Gasteiger partial charge >= 0.3 is 0 Å². The van der Waals surface area contributed by atoms with Crippen molar-refractivity contribution in [2.45, 2.75) is 129 Å². The van der Waals surface area contributed by atoms with Crippen LogP contribution in [0.3, 0.4) is 0 Å². The van der Waals surface area contributed by atoms with Crippen LogP contribution in [-0.2, 0) is 10.1 Å². The fraction of sp³-hybridized carbons (Fsp3) is 0.893. The zero-order chi connectivity index (χ0) is 27.9. The van der Waals surface area contributed by atoms with Gasteiger partial charge in [0.15, 0.2) is 0 Å². The third kappa shape index (κ3) is 19.4. The molecule has 0 aliphatic rings. The summed E-state index contributed by atoms with van der Waals surface area (Å²) in [5.74, 6) is 0.982. The van der Waals surface area contributed by atoms with Crippen LogP contribution in [0.5, 0.6) is 0 Å². The van der Waals surface area contributed by atoms with Gasteiger partial charge in [-0.05, 0) is 12.8 Å². The summed E-state index contributed by atoms with van der Waals surface area (Å²) in [6, 6.07) is 0. The van der Waals surface area contributed by atoms with Crippen molar-refractivity contribution in [3.63, 3.8) is 0 Å². The van der Waals surface area contributed by atoms with Crippen molar-refractivity contribution in [3.8, 4) is 0 Å². The van der Waals surface area contributed by atoms with Crippen molar-refractivity contribution in [1.29, 1.82) is 0 Å². The Morgan fingerprint density at radius 3 is 1.37 bits per heavy atom. The number of nitrogens with one attached hydrogen (secondary N) is 2. The minimum atomic E-state index is -4.06. The number of nitrogens with zero attached hydrogens (tertiary/aromatic N) is 4. The highest BCUT2D eigenvalue weighted by Gasteiger charge is 2.13. The maximum atomic E-state index is 11.2. The molecular formula is C28H56N6O3S. The molecule has 0 unspecified atom stereocenters. The Morgan fingerprint density at radius 1 is 0.632 bits per heavy atom. The predicted octanol–water partition coefficient (Wildman–Crippen LogP) is 7.08. The second-order valence-electron chi connectivity index (χ2n) is 10.5. The standard InChI is InChI=1S/C28H56N6O3S/c1-4-6-8-10-12-14-15-17-19-21-23-30-27-31-26(29-22-20-18-16-13-11-9-7-5-2)32-28(33-27)34(3)24-25-38(35,36)37/h4-25H2,1-3H3,(H,35,36,37)(H2,29,30,31,32,33). The van der Waals surface area contributed by atoms with Gasteiger partial charge in [-0.1, -0.05) is 117 Å². The minimum absolute atomic E-state index is 0.0954. The minimum Gasteiger partial charge on any atom is -0.354 e. The first-order chi connectivity index (χ1) is 18.4. The van der Waals surface area contributed by atoms with Crippen molar-refractivity contribution in [2.75, 3.05) is 48.0 Å². The Balaban J connectivity index is 2.47. The number of anilines is 3. The third-order valence-electron chi connectivity index (χ3n) is 6.78. The molecule has 0 aliphatic carbocycles. The van der Waals surface area contributed by atoms with Crippen LogP contribution in [0.2, 0.25) is 0 Å². The molecule has 222 valence electrons. The molecule has 0 aromatic carbocycles. The number of unbranched alkanes of at least 4 members (excludes halogenated alkanes) is 16. The molecule has 38 heavy (non-hydrogen) atoms. The van der Waals surface area contributed by atoms with Gasteiger partial charge < -0.3 is 15.5 Å². The van der Waals surface area contributed by atoms with Gasteiger partial charge in [0.2, 0.25) is 17.8 Å². The van der Waals surface area contributed by atoms with E-state index < -0.39 is 10.1 Å². The number of rotatable bonds is 26. The van der Waals surface area contributed by atoms with E-state index in [9.17, 15) is 8.42 Å². The van der Waals surface area contributed by atoms with Crippen LogP contribution in [0, 0.1) is 0 Å². The van der Waals surface area contributed by atoms with E-state index >= 15 is 0 Å². The molecule has 1 aromatic heterocycles. The topological polar surface area (TPSA) is 120 Å². The largest absolute Gasteiger partial charge is 0.354 e. The predicted molar refractivity (Wildman–Crippen MR) is 161 cm³/mol. The molecule has 0 bridgehead atoms. The molecule has 0 spiro atoms. The Morgan fingerprint density at radius 2 is 1.00 bits per heavy atom. The highest BCUT2D eigenvalue weighted by atomic mass is 32.2. The zero-order valence-corrected chi connectivity index (χ0v) is 25.3. The van der Waals surface area contributed by atoms with E-state index in [-0.39, 0.29) is 12.3 Å². The molecule has 10 heteroatoms. The summed E-state index contributed by atoms with van der Waals surface area (Å²) in [5, 5.41) is 6.63. The SMILES string of the molecule is CCCCCCCCCCCCNc1nc(NCCCCCCCCCC)nc(N(C)CCS(=O)(=O)O)n1. The third-order valence-corrected chi connectivity index (χ3v) is 7.48. The molecule has 0 saturated heterocycles. The fourth-order valence-corrected chi connectivity index (χ4v) is 4.82. The lowest BCUT2D eigenvalue weighted by atomic mass is 10.1. The lowest BCUT2D eigenvalue weighted by Gasteiger charge is -2.18. The summed E-state index contributed by atoms with van der Waals surface area (Å²) in [6.45, 7) is 6.16. The van der Waals surface area contributed by atoms with Gasteiger partial charge in [0.25, 0.3) is 10.1 Å². The smallest absolute Gasteiger partial charge is 0.266 e. The Labute approximate surface area is 233 Å². The van der Waals surface area contributed by atoms with E-state index in [0.717, 1.165) is 25.9 Å². The van der Waals surface area contributed by atoms with E-state index in [1.54, 1.807) is 11.9 Å². The van der Waals surface area contributed by atoms with E-state index in [0.29, 0.717) is 17.8 Å². The molecule has 0 atom stereocenters. The van der Waals surface area contributed by atoms with Crippen LogP contribution in [0.15, 0.2) is 0 Å². The summed E-state index contributed by atoms with van der Waals surface area (Å²) in [7, 11) is -2.34. The number of hydrogen-bond donors (Lipinski definition) is 3. The van der Waals surface area contributed by atoms with Gasteiger partial charge in [-0.2, -0.15) is 23.4 Å². The van der Waals surface area contributed by atoms with Gasteiger partial charge in [-0.25, -0.2) is 0 Å². The van der Waals surface area contributed by atoms with Crippen LogP contribution in [0.25, 0.3) is 0 Å².